The molecule has 0 saturated carbocycles. The molecule has 152 valence electrons. The topological polar surface area (TPSA) is 74.8 Å². The number of benzene rings is 2. The number of nitrogens with zero attached hydrogens (tertiary/aromatic N) is 2. The zero-order chi connectivity index (χ0) is 21.3. The van der Waals surface area contributed by atoms with Crippen molar-refractivity contribution in [3.63, 3.8) is 0 Å². The highest BCUT2D eigenvalue weighted by Crippen LogP contribution is 2.30. The smallest absolute Gasteiger partial charge is 0.336 e. The Labute approximate surface area is 175 Å². The lowest BCUT2D eigenvalue weighted by Crippen LogP contribution is -2.08. The first-order valence-corrected chi connectivity index (χ1v) is 10.1. The molecular formula is C25H24N2O3. The molecule has 0 aliphatic carbocycles. The quantitative estimate of drug-likeness (QED) is 0.475. The summed E-state index contributed by atoms with van der Waals surface area (Å²) < 4.78 is 1.91. The number of hydrogen-bond donors (Lipinski definition) is 2. The summed E-state index contributed by atoms with van der Waals surface area (Å²) in [5, 5.41) is 20.9. The molecule has 0 aliphatic heterocycles. The Balaban J connectivity index is 1.80. The van der Waals surface area contributed by atoms with E-state index in [2.05, 4.69) is 6.92 Å². The van der Waals surface area contributed by atoms with Crippen LogP contribution >= 0.6 is 0 Å². The number of aryl methyl sites for hydroxylation is 2. The Kier molecular flexibility index (Phi) is 5.38. The van der Waals surface area contributed by atoms with E-state index in [-0.39, 0.29) is 5.56 Å². The highest BCUT2D eigenvalue weighted by atomic mass is 16.4. The molecule has 5 heteroatoms. The van der Waals surface area contributed by atoms with Crippen LogP contribution in [0.15, 0.2) is 66.9 Å². The SMILES string of the molecule is CCCc1cn2c(C(O)c3ccc(-c4ccccc4)c(C(=O)O)c3)ccc(C)c2n1. The number of carbonyl (C=O) groups is 1. The molecule has 1 atom stereocenters. The molecule has 0 radical (unpaired) electrons. The number of hydrogen-bond acceptors (Lipinski definition) is 3. The largest absolute Gasteiger partial charge is 0.478 e. The number of rotatable bonds is 6. The lowest BCUT2D eigenvalue weighted by atomic mass is 9.95. The first kappa shape index (κ1) is 19.9. The molecule has 0 aliphatic rings. The van der Waals surface area contributed by atoms with Gasteiger partial charge in [-0.1, -0.05) is 61.9 Å². The summed E-state index contributed by atoms with van der Waals surface area (Å²) in [5.41, 5.74) is 5.63. The molecule has 2 aromatic heterocycles. The Hall–Kier alpha value is -3.44. The Morgan fingerprint density at radius 1 is 1.10 bits per heavy atom. The predicted octanol–water partition coefficient (Wildman–Crippen LogP) is 5.04. The van der Waals surface area contributed by atoms with E-state index >= 15 is 0 Å². The summed E-state index contributed by atoms with van der Waals surface area (Å²) in [6, 6.07) is 18.3. The van der Waals surface area contributed by atoms with E-state index in [1.807, 2.05) is 60.0 Å². The van der Waals surface area contributed by atoms with Gasteiger partial charge in [-0.2, -0.15) is 0 Å². The fourth-order valence-corrected chi connectivity index (χ4v) is 3.82. The van der Waals surface area contributed by atoms with Crippen LogP contribution in [0.4, 0.5) is 0 Å². The number of aliphatic hydroxyl groups excluding tert-OH is 1. The normalized spacial score (nSPS) is 12.2. The summed E-state index contributed by atoms with van der Waals surface area (Å²) >= 11 is 0. The summed E-state index contributed by atoms with van der Waals surface area (Å²) in [7, 11) is 0. The van der Waals surface area contributed by atoms with Gasteiger partial charge in [-0.05, 0) is 47.7 Å². The maximum absolute atomic E-state index is 11.9. The van der Waals surface area contributed by atoms with Crippen LogP contribution < -0.4 is 0 Å². The molecule has 2 heterocycles. The molecule has 4 rings (SSSR count). The molecule has 0 amide bonds. The molecule has 0 bridgehead atoms. The van der Waals surface area contributed by atoms with Gasteiger partial charge in [-0.3, -0.25) is 0 Å². The third-order valence-electron chi connectivity index (χ3n) is 5.35. The van der Waals surface area contributed by atoms with Crippen molar-refractivity contribution in [2.45, 2.75) is 32.8 Å². The van der Waals surface area contributed by atoms with Crippen LogP contribution in [0, 0.1) is 6.92 Å². The van der Waals surface area contributed by atoms with Gasteiger partial charge in [-0.25, -0.2) is 9.78 Å². The number of imidazole rings is 1. The molecule has 5 nitrogen and oxygen atoms in total. The summed E-state index contributed by atoms with van der Waals surface area (Å²) in [6.07, 6.45) is 2.84. The average molecular weight is 400 g/mol. The number of fused-ring (bicyclic) bond motifs is 1. The number of carboxylic acid groups (broad SMARTS) is 1. The minimum Gasteiger partial charge on any atom is -0.478 e. The molecule has 1 unspecified atom stereocenters. The van der Waals surface area contributed by atoms with E-state index in [9.17, 15) is 15.0 Å². The van der Waals surface area contributed by atoms with Gasteiger partial charge in [0.05, 0.1) is 17.0 Å². The van der Waals surface area contributed by atoms with Gasteiger partial charge in [-0.15, -0.1) is 0 Å². The lowest BCUT2D eigenvalue weighted by molar-refractivity contribution is 0.0697. The predicted molar refractivity (Wildman–Crippen MR) is 117 cm³/mol. The lowest BCUT2D eigenvalue weighted by Gasteiger charge is -2.16. The van der Waals surface area contributed by atoms with E-state index in [0.717, 1.165) is 35.3 Å². The molecule has 30 heavy (non-hydrogen) atoms. The monoisotopic (exact) mass is 400 g/mol. The van der Waals surface area contributed by atoms with Gasteiger partial charge in [0.25, 0.3) is 0 Å². The average Bonchev–Trinajstić information content (AvgIpc) is 3.19. The second-order valence-electron chi connectivity index (χ2n) is 7.50. The van der Waals surface area contributed by atoms with E-state index in [1.165, 1.54) is 0 Å². The van der Waals surface area contributed by atoms with E-state index in [0.29, 0.717) is 16.8 Å². The van der Waals surface area contributed by atoms with Gasteiger partial charge in [0.2, 0.25) is 0 Å². The molecule has 0 fully saturated rings. The van der Waals surface area contributed by atoms with Crippen LogP contribution in [0.2, 0.25) is 0 Å². The molecule has 0 spiro atoms. The Morgan fingerprint density at radius 2 is 1.87 bits per heavy atom. The maximum atomic E-state index is 11.9. The summed E-state index contributed by atoms with van der Waals surface area (Å²) in [6.45, 7) is 4.10. The van der Waals surface area contributed by atoms with Crippen molar-refractivity contribution in [3.05, 3.63) is 94.9 Å². The van der Waals surface area contributed by atoms with Crippen LogP contribution in [0.1, 0.15) is 52.3 Å². The molecule has 4 aromatic rings. The molecular weight excluding hydrogens is 376 g/mol. The fraction of sp³-hybridized carbons (Fsp3) is 0.200. The number of aliphatic hydroxyl groups is 1. The molecule has 2 N–H and O–H groups in total. The van der Waals surface area contributed by atoms with E-state index in [1.54, 1.807) is 18.2 Å². The second kappa shape index (κ2) is 8.13. The van der Waals surface area contributed by atoms with Gasteiger partial charge < -0.3 is 14.6 Å². The molecule has 2 aromatic carbocycles. The maximum Gasteiger partial charge on any atom is 0.336 e. The number of aromatic nitrogens is 2. The van der Waals surface area contributed by atoms with Crippen molar-refractivity contribution in [2.75, 3.05) is 0 Å². The highest BCUT2D eigenvalue weighted by Gasteiger charge is 2.20. The van der Waals surface area contributed by atoms with Gasteiger partial charge in [0.1, 0.15) is 11.8 Å². The fourth-order valence-electron chi connectivity index (χ4n) is 3.82. The van der Waals surface area contributed by atoms with Crippen molar-refractivity contribution in [1.29, 1.82) is 0 Å². The first-order chi connectivity index (χ1) is 14.5. The third-order valence-corrected chi connectivity index (χ3v) is 5.35. The highest BCUT2D eigenvalue weighted by molar-refractivity contribution is 5.96. The third kappa shape index (κ3) is 3.60. The number of aromatic carboxylic acids is 1. The molecule has 0 saturated heterocycles. The van der Waals surface area contributed by atoms with Crippen LogP contribution in [-0.2, 0) is 6.42 Å². The van der Waals surface area contributed by atoms with Crippen molar-refractivity contribution >= 4 is 11.6 Å². The van der Waals surface area contributed by atoms with Crippen molar-refractivity contribution in [2.24, 2.45) is 0 Å². The second-order valence-corrected chi connectivity index (χ2v) is 7.50. The van der Waals surface area contributed by atoms with Crippen LogP contribution in [0.25, 0.3) is 16.8 Å². The van der Waals surface area contributed by atoms with Crippen molar-refractivity contribution in [3.8, 4) is 11.1 Å². The van der Waals surface area contributed by atoms with Crippen LogP contribution in [0.5, 0.6) is 0 Å². The zero-order valence-electron chi connectivity index (χ0n) is 17.0. The Bertz CT molecular complexity index is 1210. The van der Waals surface area contributed by atoms with Gasteiger partial charge in [0, 0.05) is 6.20 Å². The minimum atomic E-state index is -1.02. The van der Waals surface area contributed by atoms with E-state index in [4.69, 9.17) is 4.98 Å². The van der Waals surface area contributed by atoms with Crippen molar-refractivity contribution < 1.29 is 15.0 Å². The standard InChI is InChI=1S/C25H24N2O3/c1-3-7-19-15-27-22(13-10-16(2)24(27)26-19)23(28)18-11-12-20(21(14-18)25(29)30)17-8-5-4-6-9-17/h4-6,8-15,23,28H,3,7H2,1-2H3,(H,29,30). The first-order valence-electron chi connectivity index (χ1n) is 10.1. The summed E-state index contributed by atoms with van der Waals surface area (Å²) in [5.74, 6) is -1.02. The van der Waals surface area contributed by atoms with Crippen molar-refractivity contribution in [1.82, 2.24) is 9.38 Å². The van der Waals surface area contributed by atoms with Crippen LogP contribution in [0.3, 0.4) is 0 Å². The van der Waals surface area contributed by atoms with E-state index < -0.39 is 12.1 Å². The Morgan fingerprint density at radius 3 is 2.57 bits per heavy atom. The zero-order valence-corrected chi connectivity index (χ0v) is 17.0. The number of carboxylic acids is 1. The summed E-state index contributed by atoms with van der Waals surface area (Å²) in [4.78, 5) is 16.6. The number of pyridine rings is 1. The van der Waals surface area contributed by atoms with Gasteiger partial charge >= 0.3 is 5.97 Å². The van der Waals surface area contributed by atoms with Gasteiger partial charge in [0.15, 0.2) is 0 Å². The minimum absolute atomic E-state index is 0.165. The van der Waals surface area contributed by atoms with Crippen LogP contribution in [-0.4, -0.2) is 25.6 Å².